The van der Waals surface area contributed by atoms with E-state index in [0.29, 0.717) is 71.6 Å². The number of fused-ring (bicyclic) bond motifs is 1. The minimum Gasteiger partial charge on any atom is -0.497 e. The average molecular weight is 780 g/mol. The number of aromatic nitrogens is 3. The van der Waals surface area contributed by atoms with E-state index in [1.54, 1.807) is 67.1 Å². The Balaban J connectivity index is 0.962. The van der Waals surface area contributed by atoms with E-state index in [0.717, 1.165) is 43.2 Å². The summed E-state index contributed by atoms with van der Waals surface area (Å²) >= 11 is 0. The zero-order valence-electron chi connectivity index (χ0n) is 33.7. The van der Waals surface area contributed by atoms with Crippen LogP contribution >= 0.6 is 0 Å². The summed E-state index contributed by atoms with van der Waals surface area (Å²) < 4.78 is 18.6. The molecule has 1 unspecified atom stereocenters. The largest absolute Gasteiger partial charge is 0.497 e. The molecular weight excluding hydrogens is 727 g/mol. The standard InChI is InChI=1S/C43H53N7O7/c1-27-39(46-47-50(27)36-25-30(55-5)16-18-37(36)56-6)40(52)45-29-22-28(43(2,3)4)23-31(24-29)57-21-12-10-8-7-9-11-20-48-38(51)19-17-35(42(48)54)49-26-33-32(41(49)53)14-13-15-34(33)44/h13-16,18,22-25,35H,7-12,17,19-21,26,44H2,1-6H3,(H,45,52). The van der Waals surface area contributed by atoms with Crippen LogP contribution in [0, 0.1) is 6.92 Å². The van der Waals surface area contributed by atoms with Gasteiger partial charge in [-0.05, 0) is 73.6 Å². The van der Waals surface area contributed by atoms with Crippen molar-refractivity contribution in [2.24, 2.45) is 0 Å². The number of carbonyl (C=O) groups is 4. The number of nitrogens with zero attached hydrogens (tertiary/aromatic N) is 5. The van der Waals surface area contributed by atoms with E-state index in [4.69, 9.17) is 19.9 Å². The molecule has 4 amide bonds. The van der Waals surface area contributed by atoms with Crippen LogP contribution in [0.3, 0.4) is 0 Å². The maximum absolute atomic E-state index is 13.5. The van der Waals surface area contributed by atoms with Crippen molar-refractivity contribution in [2.45, 2.75) is 97.1 Å². The summed E-state index contributed by atoms with van der Waals surface area (Å²) in [5.74, 6) is 0.762. The van der Waals surface area contributed by atoms with Crippen molar-refractivity contribution in [3.63, 3.8) is 0 Å². The number of hydrogen-bond acceptors (Lipinski definition) is 10. The molecule has 0 saturated carbocycles. The second-order valence-electron chi connectivity index (χ2n) is 15.6. The Morgan fingerprint density at radius 1 is 0.930 bits per heavy atom. The van der Waals surface area contributed by atoms with Crippen LogP contribution in [0.25, 0.3) is 5.69 Å². The van der Waals surface area contributed by atoms with E-state index >= 15 is 0 Å². The minimum atomic E-state index is -0.653. The summed E-state index contributed by atoms with van der Waals surface area (Å²) in [6, 6.07) is 15.7. The number of unbranched alkanes of at least 4 members (excludes halogenated alkanes) is 5. The molecule has 57 heavy (non-hydrogen) atoms. The highest BCUT2D eigenvalue weighted by molar-refractivity contribution is 6.06. The van der Waals surface area contributed by atoms with Crippen LogP contribution in [-0.2, 0) is 21.5 Å². The van der Waals surface area contributed by atoms with Crippen LogP contribution in [0.15, 0.2) is 54.6 Å². The minimum absolute atomic E-state index is 0.177. The lowest BCUT2D eigenvalue weighted by Gasteiger charge is -2.35. The number of methoxy groups -OCH3 is 2. The Morgan fingerprint density at radius 2 is 1.68 bits per heavy atom. The van der Waals surface area contributed by atoms with Gasteiger partial charge in [0.05, 0.1) is 26.5 Å². The van der Waals surface area contributed by atoms with E-state index in [1.807, 2.05) is 18.2 Å². The second-order valence-corrected chi connectivity index (χ2v) is 15.6. The zero-order chi connectivity index (χ0) is 40.9. The highest BCUT2D eigenvalue weighted by Gasteiger charge is 2.42. The molecule has 1 aromatic heterocycles. The summed E-state index contributed by atoms with van der Waals surface area (Å²) in [7, 11) is 3.14. The van der Waals surface area contributed by atoms with Gasteiger partial charge in [0.2, 0.25) is 5.91 Å². The molecule has 0 bridgehead atoms. The van der Waals surface area contributed by atoms with Gasteiger partial charge in [0, 0.05) is 54.1 Å². The molecule has 0 aliphatic carbocycles. The third-order valence-electron chi connectivity index (χ3n) is 10.7. The number of ether oxygens (including phenoxy) is 3. The van der Waals surface area contributed by atoms with Crippen molar-refractivity contribution in [2.75, 3.05) is 38.4 Å². The summed E-state index contributed by atoms with van der Waals surface area (Å²) in [6.07, 6.45) is 5.91. The number of amides is 4. The van der Waals surface area contributed by atoms with Crippen molar-refractivity contribution < 1.29 is 33.4 Å². The Bertz CT molecular complexity index is 2140. The Hall–Kier alpha value is -5.92. The molecule has 4 aromatic rings. The summed E-state index contributed by atoms with van der Waals surface area (Å²) in [6.45, 7) is 9.25. The summed E-state index contributed by atoms with van der Waals surface area (Å²) in [5.41, 5.74) is 10.6. The Morgan fingerprint density at radius 3 is 2.40 bits per heavy atom. The van der Waals surface area contributed by atoms with E-state index in [-0.39, 0.29) is 41.8 Å². The molecular formula is C43H53N7O7. The first-order valence-corrected chi connectivity index (χ1v) is 19.6. The van der Waals surface area contributed by atoms with E-state index in [2.05, 4.69) is 36.4 Å². The van der Waals surface area contributed by atoms with E-state index in [9.17, 15) is 19.2 Å². The molecule has 302 valence electrons. The van der Waals surface area contributed by atoms with Crippen LogP contribution in [0.5, 0.6) is 17.2 Å². The number of hydrogen-bond donors (Lipinski definition) is 2. The summed E-state index contributed by atoms with van der Waals surface area (Å²) in [5, 5.41) is 11.4. The SMILES string of the molecule is COc1ccc(OC)c(-n2nnc(C(=O)Nc3cc(OCCCCCCCCN4C(=O)CCC(N5Cc6c(N)cccc6C5=O)C4=O)cc(C(C)(C)C)c3)c2C)c1. The van der Waals surface area contributed by atoms with Gasteiger partial charge in [-0.15, -0.1) is 5.10 Å². The third kappa shape index (κ3) is 9.05. The van der Waals surface area contributed by atoms with Crippen molar-refractivity contribution in [3.8, 4) is 22.9 Å². The van der Waals surface area contributed by atoms with Crippen LogP contribution in [-0.4, -0.2) is 81.8 Å². The number of nitrogens with one attached hydrogen (secondary N) is 1. The van der Waals surface area contributed by atoms with Crippen molar-refractivity contribution in [1.29, 1.82) is 0 Å². The zero-order valence-corrected chi connectivity index (χ0v) is 33.7. The van der Waals surface area contributed by atoms with Gasteiger partial charge < -0.3 is 30.2 Å². The molecule has 3 N–H and O–H groups in total. The molecule has 3 aromatic carbocycles. The lowest BCUT2D eigenvalue weighted by Crippen LogP contribution is -2.54. The molecule has 1 fully saturated rings. The number of imide groups is 1. The van der Waals surface area contributed by atoms with Gasteiger partial charge in [-0.25, -0.2) is 4.68 Å². The van der Waals surface area contributed by atoms with Crippen molar-refractivity contribution in [3.05, 3.63) is 82.7 Å². The first kappa shape index (κ1) is 40.7. The second kappa shape index (κ2) is 17.5. The fourth-order valence-electron chi connectivity index (χ4n) is 7.35. The maximum Gasteiger partial charge on any atom is 0.278 e. The molecule has 1 saturated heterocycles. The first-order valence-electron chi connectivity index (χ1n) is 19.6. The van der Waals surface area contributed by atoms with E-state index < -0.39 is 11.9 Å². The number of anilines is 2. The van der Waals surface area contributed by atoms with Crippen molar-refractivity contribution >= 4 is 35.0 Å². The van der Waals surface area contributed by atoms with E-state index in [1.165, 1.54) is 4.90 Å². The predicted octanol–water partition coefficient (Wildman–Crippen LogP) is 6.62. The average Bonchev–Trinajstić information content (AvgIpc) is 3.74. The molecule has 6 rings (SSSR count). The lowest BCUT2D eigenvalue weighted by atomic mass is 9.86. The first-order chi connectivity index (χ1) is 27.3. The van der Waals surface area contributed by atoms with Gasteiger partial charge in [0.1, 0.15) is 29.0 Å². The molecule has 0 spiro atoms. The highest BCUT2D eigenvalue weighted by atomic mass is 16.5. The molecule has 2 aliphatic heterocycles. The van der Waals surface area contributed by atoms with Crippen LogP contribution < -0.4 is 25.3 Å². The number of piperidine rings is 1. The van der Waals surface area contributed by atoms with Crippen molar-refractivity contribution in [1.82, 2.24) is 24.8 Å². The van der Waals surface area contributed by atoms with Crippen LogP contribution in [0.1, 0.15) is 110 Å². The molecule has 0 radical (unpaired) electrons. The summed E-state index contributed by atoms with van der Waals surface area (Å²) in [4.78, 5) is 55.6. The predicted molar refractivity (Wildman–Crippen MR) is 216 cm³/mol. The molecule has 14 heteroatoms. The van der Waals surface area contributed by atoms with Crippen LogP contribution in [0.2, 0.25) is 0 Å². The van der Waals surface area contributed by atoms with Gasteiger partial charge in [0.15, 0.2) is 5.69 Å². The highest BCUT2D eigenvalue weighted by Crippen LogP contribution is 2.34. The molecule has 2 aliphatic rings. The number of benzene rings is 3. The lowest BCUT2D eigenvalue weighted by molar-refractivity contribution is -0.152. The fourth-order valence-corrected chi connectivity index (χ4v) is 7.35. The van der Waals surface area contributed by atoms with Gasteiger partial charge in [-0.1, -0.05) is 57.7 Å². The number of nitrogen functional groups attached to an aromatic ring is 1. The number of nitrogens with two attached hydrogens (primary N) is 1. The van der Waals surface area contributed by atoms with Gasteiger partial charge in [-0.3, -0.25) is 24.1 Å². The van der Waals surface area contributed by atoms with Crippen LogP contribution in [0.4, 0.5) is 11.4 Å². The quantitative estimate of drug-likeness (QED) is 0.0716. The maximum atomic E-state index is 13.5. The van der Waals surface area contributed by atoms with Gasteiger partial charge in [0.25, 0.3) is 17.7 Å². The van der Waals surface area contributed by atoms with Gasteiger partial charge in [-0.2, -0.15) is 0 Å². The Labute approximate surface area is 333 Å². The number of carbonyl (C=O) groups excluding carboxylic acids is 4. The normalized spacial score (nSPS) is 15.5. The van der Waals surface area contributed by atoms with Gasteiger partial charge >= 0.3 is 0 Å². The number of likely N-dealkylation sites (tertiary alicyclic amines) is 1. The topological polar surface area (TPSA) is 171 Å². The molecule has 3 heterocycles. The monoisotopic (exact) mass is 779 g/mol. The molecule has 1 atom stereocenters. The third-order valence-corrected chi connectivity index (χ3v) is 10.7. The smallest absolute Gasteiger partial charge is 0.278 e. The number of rotatable bonds is 16. The molecule has 14 nitrogen and oxygen atoms in total. The fraction of sp³-hybridized carbons (Fsp3) is 0.442. The Kier molecular flexibility index (Phi) is 12.5.